The molecule has 0 fully saturated rings. The SMILES string of the molecule is C=C/C=C(\C=C/C)C(/C)=C/SC(=C)C. The minimum atomic E-state index is 1.10. The highest BCUT2D eigenvalue weighted by Crippen LogP contribution is 2.20. The summed E-state index contributed by atoms with van der Waals surface area (Å²) in [5.41, 5.74) is 2.42. The Labute approximate surface area is 91.8 Å². The lowest BCUT2D eigenvalue weighted by Crippen LogP contribution is -1.79. The molecule has 14 heavy (non-hydrogen) atoms. The third kappa shape index (κ3) is 5.65. The average Bonchev–Trinajstić information content (AvgIpc) is 2.14. The van der Waals surface area contributed by atoms with E-state index in [0.29, 0.717) is 0 Å². The number of hydrogen-bond acceptors (Lipinski definition) is 1. The molecule has 0 unspecified atom stereocenters. The molecule has 0 aliphatic carbocycles. The van der Waals surface area contributed by atoms with Gasteiger partial charge in [0.2, 0.25) is 0 Å². The van der Waals surface area contributed by atoms with E-state index >= 15 is 0 Å². The Balaban J connectivity index is 4.67. The summed E-state index contributed by atoms with van der Waals surface area (Å²) in [7, 11) is 0. The van der Waals surface area contributed by atoms with Gasteiger partial charge in [-0.3, -0.25) is 0 Å². The molecule has 0 saturated carbocycles. The van der Waals surface area contributed by atoms with E-state index in [0.717, 1.165) is 4.91 Å². The first kappa shape index (κ1) is 13.1. The smallest absolute Gasteiger partial charge is 0.0210 e. The van der Waals surface area contributed by atoms with Crippen LogP contribution in [-0.4, -0.2) is 0 Å². The molecule has 0 aromatic heterocycles. The highest BCUT2D eigenvalue weighted by Gasteiger charge is 1.94. The van der Waals surface area contributed by atoms with Gasteiger partial charge in [0, 0.05) is 0 Å². The number of thioether (sulfide) groups is 1. The van der Waals surface area contributed by atoms with E-state index in [1.807, 2.05) is 26.0 Å². The summed E-state index contributed by atoms with van der Waals surface area (Å²) >= 11 is 1.65. The van der Waals surface area contributed by atoms with Crippen LogP contribution in [-0.2, 0) is 0 Å². The van der Waals surface area contributed by atoms with Crippen molar-refractivity contribution in [3.8, 4) is 0 Å². The van der Waals surface area contributed by atoms with Gasteiger partial charge in [-0.25, -0.2) is 0 Å². The molecule has 76 valence electrons. The monoisotopic (exact) mass is 206 g/mol. The van der Waals surface area contributed by atoms with Crippen molar-refractivity contribution in [2.45, 2.75) is 20.8 Å². The zero-order valence-electron chi connectivity index (χ0n) is 9.21. The van der Waals surface area contributed by atoms with Crippen LogP contribution in [0.3, 0.4) is 0 Å². The second kappa shape index (κ2) is 7.45. The molecule has 0 bridgehead atoms. The van der Waals surface area contributed by atoms with Gasteiger partial charge in [0.25, 0.3) is 0 Å². The molecule has 0 aliphatic rings. The standard InChI is InChI=1S/C13H18S/c1-6-8-13(9-7-2)12(5)10-14-11(3)4/h6-10H,1,3H2,2,4-5H3/b9-7-,12-10+,13-8+. The van der Waals surface area contributed by atoms with Crippen molar-refractivity contribution in [1.82, 2.24) is 0 Å². The van der Waals surface area contributed by atoms with E-state index in [1.54, 1.807) is 17.8 Å². The zero-order valence-corrected chi connectivity index (χ0v) is 10.0. The summed E-state index contributed by atoms with van der Waals surface area (Å²) in [5.74, 6) is 0. The highest BCUT2D eigenvalue weighted by molar-refractivity contribution is 8.05. The minimum absolute atomic E-state index is 1.10. The molecule has 0 spiro atoms. The van der Waals surface area contributed by atoms with Gasteiger partial charge in [0.1, 0.15) is 0 Å². The molecular weight excluding hydrogens is 188 g/mol. The zero-order chi connectivity index (χ0) is 11.0. The van der Waals surface area contributed by atoms with Crippen molar-refractivity contribution in [3.63, 3.8) is 0 Å². The molecule has 0 aromatic rings. The Morgan fingerprint density at radius 2 is 1.93 bits per heavy atom. The fraction of sp³-hybridized carbons (Fsp3) is 0.231. The lowest BCUT2D eigenvalue weighted by molar-refractivity contribution is 1.44. The maximum absolute atomic E-state index is 3.84. The van der Waals surface area contributed by atoms with Gasteiger partial charge in [-0.2, -0.15) is 0 Å². The molecule has 1 heteroatoms. The van der Waals surface area contributed by atoms with Crippen molar-refractivity contribution < 1.29 is 0 Å². The quantitative estimate of drug-likeness (QED) is 0.580. The van der Waals surface area contributed by atoms with Crippen LogP contribution in [0, 0.1) is 0 Å². The van der Waals surface area contributed by atoms with Gasteiger partial charge < -0.3 is 0 Å². The Morgan fingerprint density at radius 1 is 1.29 bits per heavy atom. The van der Waals surface area contributed by atoms with Gasteiger partial charge >= 0.3 is 0 Å². The van der Waals surface area contributed by atoms with Crippen LogP contribution in [0.5, 0.6) is 0 Å². The highest BCUT2D eigenvalue weighted by atomic mass is 32.2. The van der Waals surface area contributed by atoms with Gasteiger partial charge in [-0.15, -0.1) is 11.8 Å². The van der Waals surface area contributed by atoms with Crippen LogP contribution in [0.4, 0.5) is 0 Å². The molecule has 0 heterocycles. The van der Waals surface area contributed by atoms with Crippen molar-refractivity contribution in [2.75, 3.05) is 0 Å². The summed E-state index contributed by atoms with van der Waals surface area (Å²) in [6.07, 6.45) is 7.91. The van der Waals surface area contributed by atoms with Crippen LogP contribution in [0.2, 0.25) is 0 Å². The molecule has 0 aliphatic heterocycles. The molecule has 0 amide bonds. The fourth-order valence-corrected chi connectivity index (χ4v) is 1.40. The van der Waals surface area contributed by atoms with E-state index in [9.17, 15) is 0 Å². The van der Waals surface area contributed by atoms with Crippen LogP contribution in [0.1, 0.15) is 20.8 Å². The Kier molecular flexibility index (Phi) is 6.95. The lowest BCUT2D eigenvalue weighted by atomic mass is 10.1. The molecule has 0 saturated heterocycles. The van der Waals surface area contributed by atoms with E-state index in [4.69, 9.17) is 0 Å². The van der Waals surface area contributed by atoms with Crippen LogP contribution in [0.25, 0.3) is 0 Å². The number of hydrogen-bond donors (Lipinski definition) is 0. The first-order valence-corrected chi connectivity index (χ1v) is 5.44. The molecule has 0 N–H and O–H groups in total. The summed E-state index contributed by atoms with van der Waals surface area (Å²) in [5, 5.41) is 2.11. The van der Waals surface area contributed by atoms with Crippen LogP contribution < -0.4 is 0 Å². The maximum Gasteiger partial charge on any atom is -0.0210 e. The normalized spacial score (nSPS) is 13.4. The van der Waals surface area contributed by atoms with Crippen molar-refractivity contribution in [2.24, 2.45) is 0 Å². The summed E-state index contributed by atoms with van der Waals surface area (Å²) in [4.78, 5) is 1.10. The number of allylic oxidation sites excluding steroid dienone is 7. The maximum atomic E-state index is 3.84. The third-order valence-corrected chi connectivity index (χ3v) is 2.41. The van der Waals surface area contributed by atoms with Crippen molar-refractivity contribution in [1.29, 1.82) is 0 Å². The van der Waals surface area contributed by atoms with E-state index in [-0.39, 0.29) is 0 Å². The third-order valence-electron chi connectivity index (χ3n) is 1.54. The van der Waals surface area contributed by atoms with Crippen LogP contribution >= 0.6 is 11.8 Å². The fourth-order valence-electron chi connectivity index (χ4n) is 0.882. The summed E-state index contributed by atoms with van der Waals surface area (Å²) in [6.45, 7) is 13.6. The Morgan fingerprint density at radius 3 is 2.36 bits per heavy atom. The summed E-state index contributed by atoms with van der Waals surface area (Å²) < 4.78 is 0. The second-order valence-electron chi connectivity index (χ2n) is 2.98. The molecule has 0 rings (SSSR count). The topological polar surface area (TPSA) is 0 Å². The molecular formula is C13H18S. The molecule has 0 radical (unpaired) electrons. The molecule has 0 nitrogen and oxygen atoms in total. The van der Waals surface area contributed by atoms with Gasteiger partial charge in [0.15, 0.2) is 0 Å². The van der Waals surface area contributed by atoms with Crippen molar-refractivity contribution >= 4 is 11.8 Å². The van der Waals surface area contributed by atoms with Gasteiger partial charge in [0.05, 0.1) is 0 Å². The first-order chi connectivity index (χ1) is 6.61. The second-order valence-corrected chi connectivity index (χ2v) is 4.15. The Bertz CT molecular complexity index is 290. The van der Waals surface area contributed by atoms with Gasteiger partial charge in [-0.1, -0.05) is 37.5 Å². The van der Waals surface area contributed by atoms with E-state index in [1.165, 1.54) is 11.1 Å². The van der Waals surface area contributed by atoms with Gasteiger partial charge in [-0.05, 0) is 42.2 Å². The summed E-state index contributed by atoms with van der Waals surface area (Å²) in [6, 6.07) is 0. The van der Waals surface area contributed by atoms with Crippen LogP contribution in [0.15, 0.2) is 58.9 Å². The lowest BCUT2D eigenvalue weighted by Gasteiger charge is -2.01. The van der Waals surface area contributed by atoms with E-state index in [2.05, 4.69) is 31.6 Å². The predicted octanol–water partition coefficient (Wildman–Crippen LogP) is 4.85. The van der Waals surface area contributed by atoms with Crippen molar-refractivity contribution in [3.05, 3.63) is 58.9 Å². The van der Waals surface area contributed by atoms with E-state index < -0.39 is 0 Å². The average molecular weight is 206 g/mol. The number of rotatable bonds is 5. The minimum Gasteiger partial charge on any atom is -0.103 e. The largest absolute Gasteiger partial charge is 0.103 e. The Hall–Kier alpha value is -0.950. The molecule has 0 aromatic carbocycles. The first-order valence-electron chi connectivity index (χ1n) is 4.56. The predicted molar refractivity (Wildman–Crippen MR) is 69.3 cm³/mol. The molecule has 0 atom stereocenters.